The van der Waals surface area contributed by atoms with E-state index in [9.17, 15) is 14.4 Å². The van der Waals surface area contributed by atoms with Crippen LogP contribution >= 0.6 is 34.9 Å². The van der Waals surface area contributed by atoms with Gasteiger partial charge in [-0.05, 0) is 18.2 Å². The monoisotopic (exact) mass is 468 g/mol. The van der Waals surface area contributed by atoms with E-state index >= 15 is 0 Å². The van der Waals surface area contributed by atoms with Gasteiger partial charge in [0.25, 0.3) is 0 Å². The zero-order chi connectivity index (χ0) is 21.8. The molecule has 0 aliphatic rings. The molecule has 11 heteroatoms. The first-order chi connectivity index (χ1) is 14.5. The summed E-state index contributed by atoms with van der Waals surface area (Å²) in [7, 11) is 0. The topological polar surface area (TPSA) is 109 Å². The van der Waals surface area contributed by atoms with Crippen LogP contribution in [0, 0.1) is 0 Å². The van der Waals surface area contributed by atoms with Gasteiger partial charge in [-0.25, -0.2) is 9.78 Å². The third-order valence-electron chi connectivity index (χ3n) is 3.48. The van der Waals surface area contributed by atoms with Gasteiger partial charge in [-0.15, -0.1) is 23.1 Å². The van der Waals surface area contributed by atoms with Crippen molar-refractivity contribution < 1.29 is 19.1 Å². The number of ether oxygens (including phenoxy) is 1. The van der Waals surface area contributed by atoms with Gasteiger partial charge in [-0.2, -0.15) is 0 Å². The van der Waals surface area contributed by atoms with Gasteiger partial charge in [0.2, 0.25) is 11.8 Å². The molecule has 0 aliphatic carbocycles. The highest BCUT2D eigenvalue weighted by molar-refractivity contribution is 8.01. The van der Waals surface area contributed by atoms with Crippen LogP contribution in [0.3, 0.4) is 0 Å². The third-order valence-corrected chi connectivity index (χ3v) is 6.48. The van der Waals surface area contributed by atoms with E-state index in [4.69, 9.17) is 4.74 Å². The van der Waals surface area contributed by atoms with Gasteiger partial charge >= 0.3 is 6.09 Å². The summed E-state index contributed by atoms with van der Waals surface area (Å²) in [6.45, 7) is 5.60. The van der Waals surface area contributed by atoms with E-state index in [1.807, 2.05) is 18.2 Å². The molecule has 0 unspecified atom stereocenters. The second-order valence-electron chi connectivity index (χ2n) is 5.91. The van der Waals surface area contributed by atoms with Gasteiger partial charge in [-0.1, -0.05) is 24.4 Å². The van der Waals surface area contributed by atoms with E-state index < -0.39 is 6.09 Å². The molecule has 30 heavy (non-hydrogen) atoms. The lowest BCUT2D eigenvalue weighted by Crippen LogP contribution is -2.26. The highest BCUT2D eigenvalue weighted by atomic mass is 32.2. The first kappa shape index (κ1) is 24.0. The maximum Gasteiger partial charge on any atom is 0.407 e. The quantitative estimate of drug-likeness (QED) is 0.189. The minimum Gasteiger partial charge on any atom is -0.445 e. The number of benzene rings is 1. The SMILES string of the molecule is C=CCOC(=O)NCCSc1nc2ccc(NC(=O)CCSCNC(C)=O)cc2s1. The molecule has 0 fully saturated rings. The Morgan fingerprint density at radius 3 is 2.87 bits per heavy atom. The average Bonchev–Trinajstić information content (AvgIpc) is 3.11. The molecule has 1 aromatic heterocycles. The van der Waals surface area contributed by atoms with Gasteiger partial charge in [0.05, 0.1) is 16.1 Å². The summed E-state index contributed by atoms with van der Waals surface area (Å²) in [5.74, 6) is 1.65. The molecule has 0 spiro atoms. The number of hydrogen-bond acceptors (Lipinski definition) is 8. The Bertz CT molecular complexity index is 888. The number of alkyl carbamates (subject to hydrolysis) is 1. The molecule has 2 rings (SSSR count). The maximum atomic E-state index is 12.1. The Labute approximate surface area is 187 Å². The zero-order valence-corrected chi connectivity index (χ0v) is 19.0. The molecule has 162 valence electrons. The number of hydrogen-bond donors (Lipinski definition) is 3. The van der Waals surface area contributed by atoms with Crippen molar-refractivity contribution in [1.82, 2.24) is 15.6 Å². The van der Waals surface area contributed by atoms with E-state index in [-0.39, 0.29) is 18.4 Å². The highest BCUT2D eigenvalue weighted by Crippen LogP contribution is 2.31. The normalized spacial score (nSPS) is 10.4. The predicted octanol–water partition coefficient (Wildman–Crippen LogP) is 3.46. The van der Waals surface area contributed by atoms with Gasteiger partial charge in [0, 0.05) is 37.1 Å². The van der Waals surface area contributed by atoms with Crippen LogP contribution in [0.25, 0.3) is 10.2 Å². The molecular formula is C19H24N4O4S3. The van der Waals surface area contributed by atoms with Crippen molar-refractivity contribution in [3.63, 3.8) is 0 Å². The van der Waals surface area contributed by atoms with Crippen molar-refractivity contribution in [3.05, 3.63) is 30.9 Å². The number of amides is 3. The standard InChI is InChI=1S/C19H24N4O4S3/c1-3-8-27-18(26)20-7-10-29-19-23-15-5-4-14(11-16(15)30-19)22-17(25)6-9-28-12-21-13(2)24/h3-5,11H,1,6-10,12H2,2H3,(H,20,26)(H,21,24)(H,22,25). The van der Waals surface area contributed by atoms with Gasteiger partial charge in [0.15, 0.2) is 4.34 Å². The van der Waals surface area contributed by atoms with Gasteiger partial charge in [0.1, 0.15) is 6.61 Å². The van der Waals surface area contributed by atoms with Crippen LogP contribution in [-0.2, 0) is 14.3 Å². The maximum absolute atomic E-state index is 12.1. The minimum atomic E-state index is -0.464. The number of rotatable bonds is 12. The molecule has 1 aromatic carbocycles. The lowest BCUT2D eigenvalue weighted by atomic mass is 10.3. The number of aromatic nitrogens is 1. The minimum absolute atomic E-state index is 0.0711. The van der Waals surface area contributed by atoms with E-state index in [0.717, 1.165) is 20.2 Å². The number of thioether (sulfide) groups is 2. The number of carbonyl (C=O) groups is 3. The third kappa shape index (κ3) is 9.06. The number of anilines is 1. The second kappa shape index (κ2) is 13.1. The molecule has 3 amide bonds. The molecule has 0 atom stereocenters. The van der Waals surface area contributed by atoms with E-state index in [1.165, 1.54) is 36.1 Å². The van der Waals surface area contributed by atoms with Crippen LogP contribution in [-0.4, -0.2) is 53.4 Å². The largest absolute Gasteiger partial charge is 0.445 e. The summed E-state index contributed by atoms with van der Waals surface area (Å²) in [5.41, 5.74) is 1.59. The smallest absolute Gasteiger partial charge is 0.407 e. The molecular weight excluding hydrogens is 444 g/mol. The Kier molecular flexibility index (Phi) is 10.5. The fourth-order valence-electron chi connectivity index (χ4n) is 2.13. The van der Waals surface area contributed by atoms with Gasteiger partial charge in [-0.3, -0.25) is 9.59 Å². The summed E-state index contributed by atoms with van der Waals surface area (Å²) in [6.07, 6.45) is 1.42. The van der Waals surface area contributed by atoms with Crippen LogP contribution in [0.2, 0.25) is 0 Å². The Balaban J connectivity index is 1.75. The fraction of sp³-hybridized carbons (Fsp3) is 0.368. The number of thiazole rings is 1. The van der Waals surface area contributed by atoms with E-state index in [2.05, 4.69) is 27.5 Å². The first-order valence-electron chi connectivity index (χ1n) is 9.15. The predicted molar refractivity (Wildman–Crippen MR) is 124 cm³/mol. The molecule has 1 heterocycles. The van der Waals surface area contributed by atoms with E-state index in [1.54, 1.807) is 11.8 Å². The summed E-state index contributed by atoms with van der Waals surface area (Å²) in [5, 5.41) is 8.23. The van der Waals surface area contributed by atoms with Gasteiger partial charge < -0.3 is 20.7 Å². The van der Waals surface area contributed by atoms with Crippen LogP contribution in [0.1, 0.15) is 13.3 Å². The van der Waals surface area contributed by atoms with Crippen LogP contribution in [0.5, 0.6) is 0 Å². The molecule has 0 saturated carbocycles. The first-order valence-corrected chi connectivity index (χ1v) is 12.1. The van der Waals surface area contributed by atoms with Crippen molar-refractivity contribution in [2.75, 3.05) is 35.9 Å². The van der Waals surface area contributed by atoms with Crippen molar-refractivity contribution in [2.45, 2.75) is 17.7 Å². The molecule has 0 bridgehead atoms. The van der Waals surface area contributed by atoms with Crippen LogP contribution in [0.15, 0.2) is 35.2 Å². The second-order valence-corrected chi connectivity index (χ2v) is 9.39. The molecule has 0 aliphatic heterocycles. The lowest BCUT2D eigenvalue weighted by molar-refractivity contribution is -0.118. The zero-order valence-electron chi connectivity index (χ0n) is 16.6. The lowest BCUT2D eigenvalue weighted by Gasteiger charge is -2.05. The summed E-state index contributed by atoms with van der Waals surface area (Å²) in [6, 6.07) is 5.61. The Morgan fingerprint density at radius 2 is 2.10 bits per heavy atom. The van der Waals surface area contributed by atoms with Crippen LogP contribution in [0.4, 0.5) is 10.5 Å². The number of carbonyl (C=O) groups excluding carboxylic acids is 3. The number of fused-ring (bicyclic) bond motifs is 1. The number of nitrogens with zero attached hydrogens (tertiary/aromatic N) is 1. The fourth-order valence-corrected chi connectivity index (χ4v) is 4.95. The molecule has 0 radical (unpaired) electrons. The van der Waals surface area contributed by atoms with Crippen molar-refractivity contribution in [1.29, 1.82) is 0 Å². The Morgan fingerprint density at radius 1 is 1.27 bits per heavy atom. The van der Waals surface area contributed by atoms with Crippen LogP contribution < -0.4 is 16.0 Å². The average molecular weight is 469 g/mol. The summed E-state index contributed by atoms with van der Waals surface area (Å²) < 4.78 is 6.71. The summed E-state index contributed by atoms with van der Waals surface area (Å²) in [4.78, 5) is 38.8. The van der Waals surface area contributed by atoms with Crippen molar-refractivity contribution >= 4 is 68.7 Å². The molecule has 0 saturated heterocycles. The van der Waals surface area contributed by atoms with Crippen molar-refractivity contribution in [3.8, 4) is 0 Å². The summed E-state index contributed by atoms with van der Waals surface area (Å²) >= 11 is 4.58. The molecule has 2 aromatic rings. The molecule has 3 N–H and O–H groups in total. The Hall–Kier alpha value is -2.24. The van der Waals surface area contributed by atoms with Crippen molar-refractivity contribution in [2.24, 2.45) is 0 Å². The van der Waals surface area contributed by atoms with E-state index in [0.29, 0.717) is 30.3 Å². The number of nitrogens with one attached hydrogen (secondary N) is 3. The highest BCUT2D eigenvalue weighted by Gasteiger charge is 2.08. The molecule has 8 nitrogen and oxygen atoms in total.